The maximum absolute atomic E-state index is 12.5. The van der Waals surface area contributed by atoms with E-state index in [1.807, 2.05) is 0 Å². The fourth-order valence-corrected chi connectivity index (χ4v) is 1.66. The van der Waals surface area contributed by atoms with Crippen LogP contribution in [0.1, 0.15) is 12.8 Å². The van der Waals surface area contributed by atoms with Crippen LogP contribution < -0.4 is 0 Å². The molecule has 0 radical (unpaired) electrons. The van der Waals surface area contributed by atoms with Crippen LogP contribution in [0.4, 0.5) is 13.2 Å². The molecular weight excluding hydrogens is 197 g/mol. The molecule has 0 heterocycles. The maximum atomic E-state index is 12.5. The van der Waals surface area contributed by atoms with Crippen LogP contribution in [0.2, 0.25) is 0 Å². The number of halogens is 3. The minimum atomic E-state index is -4.25. The Kier molecular flexibility index (Phi) is 3.55. The molecule has 1 rings (SSSR count). The third kappa shape index (κ3) is 2.48. The van der Waals surface area contributed by atoms with Gasteiger partial charge in [0, 0.05) is 7.11 Å². The van der Waals surface area contributed by atoms with Gasteiger partial charge in [-0.2, -0.15) is 13.2 Å². The van der Waals surface area contributed by atoms with E-state index in [2.05, 4.69) is 0 Å². The Morgan fingerprint density at radius 3 is 2.64 bits per heavy atom. The number of aliphatic hydroxyl groups is 1. The van der Waals surface area contributed by atoms with E-state index in [1.54, 1.807) is 6.08 Å². The molecule has 0 aliphatic heterocycles. The lowest BCUT2D eigenvalue weighted by molar-refractivity contribution is -0.204. The van der Waals surface area contributed by atoms with E-state index in [9.17, 15) is 13.2 Å². The SMILES string of the molecule is COC1CC=C(CO)CC1C(F)(F)F. The quantitative estimate of drug-likeness (QED) is 0.705. The van der Waals surface area contributed by atoms with E-state index in [1.165, 1.54) is 7.11 Å². The van der Waals surface area contributed by atoms with E-state index in [0.29, 0.717) is 5.57 Å². The molecule has 2 atom stereocenters. The van der Waals surface area contributed by atoms with E-state index in [4.69, 9.17) is 9.84 Å². The Hall–Kier alpha value is -0.550. The predicted molar refractivity (Wildman–Crippen MR) is 44.7 cm³/mol. The molecule has 0 fully saturated rings. The Morgan fingerprint density at radius 2 is 2.21 bits per heavy atom. The van der Waals surface area contributed by atoms with Crippen molar-refractivity contribution >= 4 is 0 Å². The molecule has 0 amide bonds. The summed E-state index contributed by atoms with van der Waals surface area (Å²) in [5, 5.41) is 8.76. The second-order valence-corrected chi connectivity index (χ2v) is 3.38. The number of aliphatic hydroxyl groups excluding tert-OH is 1. The monoisotopic (exact) mass is 210 g/mol. The van der Waals surface area contributed by atoms with Crippen molar-refractivity contribution in [2.24, 2.45) is 5.92 Å². The van der Waals surface area contributed by atoms with Crippen molar-refractivity contribution in [2.45, 2.75) is 25.1 Å². The van der Waals surface area contributed by atoms with Gasteiger partial charge >= 0.3 is 6.18 Å². The Bertz CT molecular complexity index is 223. The van der Waals surface area contributed by atoms with E-state index in [0.717, 1.165) is 0 Å². The van der Waals surface area contributed by atoms with Gasteiger partial charge < -0.3 is 9.84 Å². The van der Waals surface area contributed by atoms with Crippen molar-refractivity contribution < 1.29 is 23.0 Å². The van der Waals surface area contributed by atoms with Crippen molar-refractivity contribution in [2.75, 3.05) is 13.7 Å². The molecule has 2 nitrogen and oxygen atoms in total. The third-order valence-electron chi connectivity index (χ3n) is 2.50. The summed E-state index contributed by atoms with van der Waals surface area (Å²) in [7, 11) is 1.28. The van der Waals surface area contributed by atoms with Gasteiger partial charge in [0.25, 0.3) is 0 Å². The highest BCUT2D eigenvalue weighted by molar-refractivity contribution is 5.10. The molecule has 2 unspecified atom stereocenters. The van der Waals surface area contributed by atoms with E-state index in [-0.39, 0.29) is 19.4 Å². The first-order valence-electron chi connectivity index (χ1n) is 4.37. The van der Waals surface area contributed by atoms with Gasteiger partial charge in [0.05, 0.1) is 18.6 Å². The first kappa shape index (κ1) is 11.5. The number of hydrogen-bond acceptors (Lipinski definition) is 2. The minimum Gasteiger partial charge on any atom is -0.392 e. The number of hydrogen-bond donors (Lipinski definition) is 1. The fraction of sp³-hybridized carbons (Fsp3) is 0.778. The highest BCUT2D eigenvalue weighted by atomic mass is 19.4. The first-order chi connectivity index (χ1) is 6.49. The van der Waals surface area contributed by atoms with Gasteiger partial charge in [0.2, 0.25) is 0 Å². The second-order valence-electron chi connectivity index (χ2n) is 3.38. The summed E-state index contributed by atoms with van der Waals surface area (Å²) in [6.45, 7) is -0.303. The molecule has 14 heavy (non-hydrogen) atoms. The van der Waals surface area contributed by atoms with Gasteiger partial charge in [0.1, 0.15) is 0 Å². The topological polar surface area (TPSA) is 29.5 Å². The third-order valence-corrected chi connectivity index (χ3v) is 2.50. The van der Waals surface area contributed by atoms with Crippen LogP contribution in [-0.2, 0) is 4.74 Å². The highest BCUT2D eigenvalue weighted by Gasteiger charge is 2.46. The van der Waals surface area contributed by atoms with Crippen molar-refractivity contribution in [3.05, 3.63) is 11.6 Å². The minimum absolute atomic E-state index is 0.154. The van der Waals surface area contributed by atoms with Gasteiger partial charge in [-0.15, -0.1) is 0 Å². The van der Waals surface area contributed by atoms with Crippen LogP contribution in [0.25, 0.3) is 0 Å². The Morgan fingerprint density at radius 1 is 1.57 bits per heavy atom. The van der Waals surface area contributed by atoms with E-state index < -0.39 is 18.2 Å². The average molecular weight is 210 g/mol. The van der Waals surface area contributed by atoms with Gasteiger partial charge in [-0.1, -0.05) is 6.08 Å². The molecule has 0 spiro atoms. The predicted octanol–water partition coefficient (Wildman–Crippen LogP) is 1.89. The molecule has 5 heteroatoms. The Balaban J connectivity index is 2.77. The van der Waals surface area contributed by atoms with Gasteiger partial charge in [-0.05, 0) is 18.4 Å². The second kappa shape index (κ2) is 4.31. The van der Waals surface area contributed by atoms with Gasteiger partial charge in [0.15, 0.2) is 0 Å². The van der Waals surface area contributed by atoms with Crippen molar-refractivity contribution in [3.63, 3.8) is 0 Å². The van der Waals surface area contributed by atoms with Crippen LogP contribution in [0.3, 0.4) is 0 Å². The van der Waals surface area contributed by atoms with Crippen LogP contribution in [0.15, 0.2) is 11.6 Å². The first-order valence-corrected chi connectivity index (χ1v) is 4.37. The smallest absolute Gasteiger partial charge is 0.392 e. The highest BCUT2D eigenvalue weighted by Crippen LogP contribution is 2.38. The van der Waals surface area contributed by atoms with Crippen LogP contribution in [0, 0.1) is 5.92 Å². The molecule has 0 aromatic rings. The van der Waals surface area contributed by atoms with E-state index >= 15 is 0 Å². The number of alkyl halides is 3. The largest absolute Gasteiger partial charge is 0.394 e. The zero-order valence-corrected chi connectivity index (χ0v) is 7.84. The summed E-state index contributed by atoms with van der Waals surface area (Å²) >= 11 is 0. The maximum Gasteiger partial charge on any atom is 0.394 e. The lowest BCUT2D eigenvalue weighted by Crippen LogP contribution is -2.37. The summed E-state index contributed by atoms with van der Waals surface area (Å²) in [5.74, 6) is -1.49. The zero-order chi connectivity index (χ0) is 10.8. The molecule has 0 saturated heterocycles. The molecule has 0 saturated carbocycles. The Labute approximate surface area is 80.4 Å². The summed E-state index contributed by atoms with van der Waals surface area (Å²) < 4.78 is 42.3. The molecule has 0 aromatic heterocycles. The molecule has 0 bridgehead atoms. The van der Waals surface area contributed by atoms with Crippen molar-refractivity contribution in [1.29, 1.82) is 0 Å². The number of methoxy groups -OCH3 is 1. The standard InChI is InChI=1S/C9H13F3O2/c1-14-8-3-2-6(5-13)4-7(8)9(10,11)12/h2,7-8,13H,3-5H2,1H3. The van der Waals surface area contributed by atoms with Gasteiger partial charge in [-0.3, -0.25) is 0 Å². The molecule has 1 aliphatic rings. The molecular formula is C9H13F3O2. The zero-order valence-electron chi connectivity index (χ0n) is 7.84. The summed E-state index contributed by atoms with van der Waals surface area (Å²) in [6, 6.07) is 0. The lowest BCUT2D eigenvalue weighted by Gasteiger charge is -2.31. The summed E-state index contributed by atoms with van der Waals surface area (Å²) in [6.07, 6.45) is -3.38. The number of rotatable bonds is 2. The lowest BCUT2D eigenvalue weighted by atomic mass is 9.86. The molecule has 0 aromatic carbocycles. The molecule has 82 valence electrons. The van der Waals surface area contributed by atoms with Crippen LogP contribution in [0.5, 0.6) is 0 Å². The molecule has 1 N–H and O–H groups in total. The van der Waals surface area contributed by atoms with Crippen LogP contribution in [-0.4, -0.2) is 31.1 Å². The molecule has 1 aliphatic carbocycles. The van der Waals surface area contributed by atoms with Crippen LogP contribution >= 0.6 is 0 Å². The summed E-state index contributed by atoms with van der Waals surface area (Å²) in [5.41, 5.74) is 0.445. The average Bonchev–Trinajstić information content (AvgIpc) is 2.15. The van der Waals surface area contributed by atoms with Gasteiger partial charge in [-0.25, -0.2) is 0 Å². The van der Waals surface area contributed by atoms with Crippen molar-refractivity contribution in [3.8, 4) is 0 Å². The normalized spacial score (nSPS) is 28.8. The fourth-order valence-electron chi connectivity index (χ4n) is 1.66. The summed E-state index contributed by atoms with van der Waals surface area (Å²) in [4.78, 5) is 0. The number of ether oxygens (including phenoxy) is 1. The van der Waals surface area contributed by atoms with Crippen molar-refractivity contribution in [1.82, 2.24) is 0 Å².